The number of carbonyl (C=O) groups is 1. The second-order valence-corrected chi connectivity index (χ2v) is 5.88. The van der Waals surface area contributed by atoms with Gasteiger partial charge in [-0.25, -0.2) is 4.98 Å². The van der Waals surface area contributed by atoms with Crippen LogP contribution in [0.1, 0.15) is 34.8 Å². The summed E-state index contributed by atoms with van der Waals surface area (Å²) in [4.78, 5) is 22.7. The molecule has 5 nitrogen and oxygen atoms in total. The molecule has 2 N–H and O–H groups in total. The Labute approximate surface area is 130 Å². The van der Waals surface area contributed by atoms with Crippen LogP contribution in [0.3, 0.4) is 0 Å². The fourth-order valence-corrected chi connectivity index (χ4v) is 2.96. The first-order chi connectivity index (χ1) is 10.6. The fourth-order valence-electron chi connectivity index (χ4n) is 2.96. The van der Waals surface area contributed by atoms with Crippen LogP contribution in [0.5, 0.6) is 0 Å². The second kappa shape index (κ2) is 6.23. The van der Waals surface area contributed by atoms with Crippen LogP contribution in [-0.4, -0.2) is 40.9 Å². The van der Waals surface area contributed by atoms with Crippen LogP contribution in [0.2, 0.25) is 0 Å². The van der Waals surface area contributed by atoms with Gasteiger partial charge in [0.05, 0.1) is 17.6 Å². The minimum absolute atomic E-state index is 0.422. The number of primary amides is 1. The highest BCUT2D eigenvalue weighted by molar-refractivity contribution is 5.93. The van der Waals surface area contributed by atoms with E-state index in [1.54, 1.807) is 18.3 Å². The predicted octanol–water partition coefficient (Wildman–Crippen LogP) is 2.05. The van der Waals surface area contributed by atoms with Gasteiger partial charge in [-0.1, -0.05) is 12.1 Å². The maximum Gasteiger partial charge on any atom is 0.248 e. The van der Waals surface area contributed by atoms with Gasteiger partial charge in [0.15, 0.2) is 0 Å². The molecule has 1 aliphatic heterocycles. The number of likely N-dealkylation sites (N-methyl/N-ethyl adjacent to an activating group) is 1. The zero-order chi connectivity index (χ0) is 15.5. The van der Waals surface area contributed by atoms with Gasteiger partial charge < -0.3 is 10.6 Å². The van der Waals surface area contributed by atoms with Crippen LogP contribution < -0.4 is 5.73 Å². The number of amides is 1. The second-order valence-electron chi connectivity index (χ2n) is 5.88. The molecular formula is C17H20N4O. The maximum absolute atomic E-state index is 11.3. The largest absolute Gasteiger partial charge is 0.366 e. The molecule has 0 radical (unpaired) electrons. The standard InChI is InChI=1S/C17H20N4O/c1-21-7-3-6-14(11-21)16-10-19-9-15(20-16)12-4-2-5-13(8-12)17(18)22/h2,4-5,8-10,14H,3,6-7,11H2,1H3,(H2,18,22). The monoisotopic (exact) mass is 296 g/mol. The summed E-state index contributed by atoms with van der Waals surface area (Å²) in [6.07, 6.45) is 5.91. The van der Waals surface area contributed by atoms with Crippen LogP contribution in [0.25, 0.3) is 11.3 Å². The van der Waals surface area contributed by atoms with Crippen LogP contribution >= 0.6 is 0 Å². The summed E-state index contributed by atoms with van der Waals surface area (Å²) in [5.41, 5.74) is 8.51. The number of nitrogens with two attached hydrogens (primary N) is 1. The van der Waals surface area contributed by atoms with Crippen molar-refractivity contribution < 1.29 is 4.79 Å². The number of carbonyl (C=O) groups excluding carboxylic acids is 1. The highest BCUT2D eigenvalue weighted by Gasteiger charge is 2.20. The van der Waals surface area contributed by atoms with E-state index in [0.29, 0.717) is 11.5 Å². The molecule has 1 unspecified atom stereocenters. The lowest BCUT2D eigenvalue weighted by Crippen LogP contribution is -2.31. The predicted molar refractivity (Wildman–Crippen MR) is 85.5 cm³/mol. The van der Waals surface area contributed by atoms with E-state index < -0.39 is 5.91 Å². The highest BCUT2D eigenvalue weighted by Crippen LogP contribution is 2.26. The summed E-state index contributed by atoms with van der Waals surface area (Å²) < 4.78 is 0. The molecule has 0 bridgehead atoms. The van der Waals surface area contributed by atoms with Crippen molar-refractivity contribution in [2.75, 3.05) is 20.1 Å². The molecular weight excluding hydrogens is 276 g/mol. The van der Waals surface area contributed by atoms with Crippen LogP contribution in [0, 0.1) is 0 Å². The van der Waals surface area contributed by atoms with Gasteiger partial charge >= 0.3 is 0 Å². The molecule has 3 rings (SSSR count). The first kappa shape index (κ1) is 14.7. The Bertz CT molecular complexity index is 686. The van der Waals surface area contributed by atoms with Gasteiger partial charge in [-0.15, -0.1) is 0 Å². The van der Waals surface area contributed by atoms with Gasteiger partial charge in [-0.2, -0.15) is 0 Å². The third-order valence-corrected chi connectivity index (χ3v) is 4.14. The summed E-state index contributed by atoms with van der Waals surface area (Å²) >= 11 is 0. The summed E-state index contributed by atoms with van der Waals surface area (Å²) in [6.45, 7) is 2.16. The van der Waals surface area contributed by atoms with Gasteiger partial charge in [0.1, 0.15) is 0 Å². The molecule has 1 atom stereocenters. The Kier molecular flexibility index (Phi) is 4.15. The van der Waals surface area contributed by atoms with Crippen LogP contribution in [0.4, 0.5) is 0 Å². The molecule has 0 spiro atoms. The van der Waals surface area contributed by atoms with Gasteiger partial charge in [0.2, 0.25) is 5.91 Å². The van der Waals surface area contributed by atoms with Gasteiger partial charge in [-0.3, -0.25) is 9.78 Å². The minimum atomic E-state index is -0.431. The number of hydrogen-bond donors (Lipinski definition) is 1. The molecule has 1 aliphatic rings. The third kappa shape index (κ3) is 3.14. The Morgan fingerprint density at radius 1 is 1.36 bits per heavy atom. The van der Waals surface area contributed by atoms with Crippen molar-refractivity contribution in [3.63, 3.8) is 0 Å². The quantitative estimate of drug-likeness (QED) is 0.941. The molecule has 2 heterocycles. The van der Waals surface area contributed by atoms with Crippen molar-refractivity contribution in [1.82, 2.24) is 14.9 Å². The number of aromatic nitrogens is 2. The zero-order valence-electron chi connectivity index (χ0n) is 12.7. The van der Waals surface area contributed by atoms with Gasteiger partial charge in [0, 0.05) is 29.8 Å². The van der Waals surface area contributed by atoms with E-state index in [4.69, 9.17) is 10.7 Å². The van der Waals surface area contributed by atoms with Crippen molar-refractivity contribution in [3.8, 4) is 11.3 Å². The van der Waals surface area contributed by atoms with E-state index in [1.807, 2.05) is 18.3 Å². The van der Waals surface area contributed by atoms with Crippen molar-refractivity contribution in [1.29, 1.82) is 0 Å². The van der Waals surface area contributed by atoms with E-state index in [9.17, 15) is 4.79 Å². The first-order valence-electron chi connectivity index (χ1n) is 7.54. The normalized spacial score (nSPS) is 19.0. The van der Waals surface area contributed by atoms with Gasteiger partial charge in [0.25, 0.3) is 0 Å². The SMILES string of the molecule is CN1CCCC(c2cncc(-c3cccc(C(N)=O)c3)n2)C1. The summed E-state index contributed by atoms with van der Waals surface area (Å²) in [5.74, 6) is -0.00890. The lowest BCUT2D eigenvalue weighted by molar-refractivity contribution is 0.100. The molecule has 1 aromatic heterocycles. The Morgan fingerprint density at radius 2 is 2.23 bits per heavy atom. The van der Waals surface area contributed by atoms with Crippen molar-refractivity contribution in [2.45, 2.75) is 18.8 Å². The number of benzene rings is 1. The number of rotatable bonds is 3. The van der Waals surface area contributed by atoms with E-state index in [-0.39, 0.29) is 0 Å². The molecule has 1 saturated heterocycles. The summed E-state index contributed by atoms with van der Waals surface area (Å²) in [7, 11) is 2.14. The fraction of sp³-hybridized carbons (Fsp3) is 0.353. The molecule has 1 fully saturated rings. The van der Waals surface area contributed by atoms with E-state index in [2.05, 4.69) is 16.9 Å². The van der Waals surface area contributed by atoms with E-state index >= 15 is 0 Å². The molecule has 22 heavy (non-hydrogen) atoms. The molecule has 0 saturated carbocycles. The van der Waals surface area contributed by atoms with Crippen molar-refractivity contribution in [3.05, 3.63) is 47.9 Å². The summed E-state index contributed by atoms with van der Waals surface area (Å²) in [5, 5.41) is 0. The van der Waals surface area contributed by atoms with Crippen molar-refractivity contribution in [2.24, 2.45) is 5.73 Å². The summed E-state index contributed by atoms with van der Waals surface area (Å²) in [6, 6.07) is 7.22. The molecule has 1 aromatic carbocycles. The third-order valence-electron chi connectivity index (χ3n) is 4.14. The maximum atomic E-state index is 11.3. The topological polar surface area (TPSA) is 72.1 Å². The minimum Gasteiger partial charge on any atom is -0.366 e. The molecule has 5 heteroatoms. The molecule has 1 amide bonds. The van der Waals surface area contributed by atoms with E-state index in [0.717, 1.165) is 36.5 Å². The number of hydrogen-bond acceptors (Lipinski definition) is 4. The molecule has 2 aromatic rings. The van der Waals surface area contributed by atoms with Crippen LogP contribution in [-0.2, 0) is 0 Å². The highest BCUT2D eigenvalue weighted by atomic mass is 16.1. The van der Waals surface area contributed by atoms with E-state index in [1.165, 1.54) is 6.42 Å². The average molecular weight is 296 g/mol. The zero-order valence-corrected chi connectivity index (χ0v) is 12.7. The Morgan fingerprint density at radius 3 is 3.00 bits per heavy atom. The Balaban J connectivity index is 1.90. The molecule has 114 valence electrons. The van der Waals surface area contributed by atoms with Gasteiger partial charge in [-0.05, 0) is 38.6 Å². The smallest absolute Gasteiger partial charge is 0.248 e. The molecule has 0 aliphatic carbocycles. The Hall–Kier alpha value is -2.27. The van der Waals surface area contributed by atoms with Crippen molar-refractivity contribution >= 4 is 5.91 Å². The lowest BCUT2D eigenvalue weighted by Gasteiger charge is -2.29. The lowest BCUT2D eigenvalue weighted by atomic mass is 9.95. The first-order valence-corrected chi connectivity index (χ1v) is 7.54. The number of piperidine rings is 1. The number of nitrogens with zero attached hydrogens (tertiary/aromatic N) is 3. The van der Waals surface area contributed by atoms with Crippen LogP contribution in [0.15, 0.2) is 36.7 Å². The average Bonchev–Trinajstić information content (AvgIpc) is 2.55. The number of likely N-dealkylation sites (tertiary alicyclic amines) is 1.